The first-order valence-corrected chi connectivity index (χ1v) is 12.6. The van der Waals surface area contributed by atoms with Crippen LogP contribution in [0.4, 0.5) is 15.8 Å². The van der Waals surface area contributed by atoms with Gasteiger partial charge in [0, 0.05) is 12.2 Å². The minimum absolute atomic E-state index is 0.0657. The molecule has 0 saturated heterocycles. The zero-order chi connectivity index (χ0) is 27.1. The first-order chi connectivity index (χ1) is 17.6. The van der Waals surface area contributed by atoms with E-state index in [1.54, 1.807) is 24.3 Å². The Morgan fingerprint density at radius 2 is 1.76 bits per heavy atom. The van der Waals surface area contributed by atoms with E-state index < -0.39 is 29.6 Å². The zero-order valence-electron chi connectivity index (χ0n) is 20.9. The van der Waals surface area contributed by atoms with Crippen molar-refractivity contribution in [2.24, 2.45) is 11.7 Å². The molecule has 0 spiro atoms. The van der Waals surface area contributed by atoms with Crippen LogP contribution < -0.4 is 26.4 Å². The van der Waals surface area contributed by atoms with Crippen LogP contribution in [0.25, 0.3) is 0 Å². The molecule has 2 aromatic carbocycles. The molecule has 1 heterocycles. The van der Waals surface area contributed by atoms with Crippen molar-refractivity contribution in [3.63, 3.8) is 0 Å². The van der Waals surface area contributed by atoms with Gasteiger partial charge in [-0.25, -0.2) is 4.39 Å². The summed E-state index contributed by atoms with van der Waals surface area (Å²) >= 11 is 0.701. The van der Waals surface area contributed by atoms with Crippen LogP contribution >= 0.6 is 11.5 Å². The number of aromatic nitrogens is 1. The molecule has 0 bridgehead atoms. The number of anilines is 2. The minimum Gasteiger partial charge on any atom is -0.494 e. The van der Waals surface area contributed by atoms with Crippen molar-refractivity contribution in [1.29, 1.82) is 0 Å². The summed E-state index contributed by atoms with van der Waals surface area (Å²) in [5.41, 5.74) is 11.7. The molecular formula is C26H30FN5O4S. The Morgan fingerprint density at radius 3 is 2.30 bits per heavy atom. The van der Waals surface area contributed by atoms with Crippen molar-refractivity contribution in [2.45, 2.75) is 33.2 Å². The predicted octanol–water partition coefficient (Wildman–Crippen LogP) is 3.91. The Labute approximate surface area is 218 Å². The van der Waals surface area contributed by atoms with E-state index in [-0.39, 0.29) is 21.9 Å². The maximum atomic E-state index is 13.9. The fourth-order valence-corrected chi connectivity index (χ4v) is 4.38. The highest BCUT2D eigenvalue weighted by Gasteiger charge is 2.36. The molecule has 0 aliphatic rings. The number of nitrogens with one attached hydrogen (secondary N) is 1. The van der Waals surface area contributed by atoms with E-state index in [2.05, 4.69) is 9.69 Å². The van der Waals surface area contributed by atoms with E-state index in [1.807, 2.05) is 20.8 Å². The molecule has 0 unspecified atom stereocenters. The summed E-state index contributed by atoms with van der Waals surface area (Å²) in [6, 6.07) is 10.8. The molecule has 3 rings (SSSR count). The molecule has 0 saturated carbocycles. The molecule has 0 aliphatic carbocycles. The van der Waals surface area contributed by atoms with Crippen LogP contribution in [0.1, 0.15) is 59.0 Å². The van der Waals surface area contributed by atoms with Crippen molar-refractivity contribution < 1.29 is 23.5 Å². The third-order valence-corrected chi connectivity index (χ3v) is 6.36. The van der Waals surface area contributed by atoms with Crippen LogP contribution in [0.3, 0.4) is 0 Å². The standard InChI is InChI=1S/C26H30FN5O4S/c1-4-36-19-11-5-16(6-12-19)22(25(34)30-14-13-15(2)3)32(18-9-7-17(27)8-10-18)26(35)23-20(28)21(24(29)33)31-37-23/h5-12,15,22H,4,13-14,28H2,1-3H3,(H2,29,33)(H,30,34)/t22-/m1/s1. The highest BCUT2D eigenvalue weighted by atomic mass is 32.1. The Kier molecular flexibility index (Phi) is 9.18. The number of primary amides is 1. The number of ether oxygens (including phenoxy) is 1. The molecule has 1 atom stereocenters. The topological polar surface area (TPSA) is 141 Å². The molecule has 5 N–H and O–H groups in total. The molecular weight excluding hydrogens is 497 g/mol. The summed E-state index contributed by atoms with van der Waals surface area (Å²) in [5.74, 6) is -1.57. The van der Waals surface area contributed by atoms with Gasteiger partial charge in [-0.2, -0.15) is 4.37 Å². The summed E-state index contributed by atoms with van der Waals surface area (Å²) in [5, 5.41) is 2.90. The van der Waals surface area contributed by atoms with E-state index in [4.69, 9.17) is 16.2 Å². The van der Waals surface area contributed by atoms with Crippen molar-refractivity contribution in [3.05, 3.63) is 70.5 Å². The molecule has 0 radical (unpaired) electrons. The number of benzene rings is 2. The normalized spacial score (nSPS) is 11.7. The number of hydrogen-bond acceptors (Lipinski definition) is 7. The van der Waals surface area contributed by atoms with Gasteiger partial charge in [-0.05, 0) is 72.8 Å². The third-order valence-electron chi connectivity index (χ3n) is 5.51. The first kappa shape index (κ1) is 27.6. The Morgan fingerprint density at radius 1 is 1.11 bits per heavy atom. The lowest BCUT2D eigenvalue weighted by Gasteiger charge is -2.31. The van der Waals surface area contributed by atoms with E-state index in [0.29, 0.717) is 41.9 Å². The van der Waals surface area contributed by atoms with Gasteiger partial charge in [0.05, 0.1) is 12.3 Å². The Balaban J connectivity index is 2.14. The average Bonchev–Trinajstić information content (AvgIpc) is 3.25. The van der Waals surface area contributed by atoms with Crippen LogP contribution in [0.5, 0.6) is 5.75 Å². The number of carbonyl (C=O) groups is 3. The summed E-state index contributed by atoms with van der Waals surface area (Å²) < 4.78 is 23.2. The van der Waals surface area contributed by atoms with Crippen LogP contribution in [-0.4, -0.2) is 35.2 Å². The van der Waals surface area contributed by atoms with Crippen LogP contribution in [-0.2, 0) is 4.79 Å². The van der Waals surface area contributed by atoms with Crippen molar-refractivity contribution >= 4 is 40.6 Å². The predicted molar refractivity (Wildman–Crippen MR) is 141 cm³/mol. The molecule has 11 heteroatoms. The van der Waals surface area contributed by atoms with Crippen LogP contribution in [0.15, 0.2) is 48.5 Å². The smallest absolute Gasteiger partial charge is 0.273 e. The van der Waals surface area contributed by atoms with Gasteiger partial charge in [-0.15, -0.1) is 0 Å². The summed E-state index contributed by atoms with van der Waals surface area (Å²) in [4.78, 5) is 40.4. The maximum Gasteiger partial charge on any atom is 0.273 e. The second-order valence-electron chi connectivity index (χ2n) is 8.67. The third kappa shape index (κ3) is 6.62. The van der Waals surface area contributed by atoms with E-state index in [1.165, 1.54) is 29.2 Å². The van der Waals surface area contributed by atoms with Gasteiger partial charge >= 0.3 is 0 Å². The van der Waals surface area contributed by atoms with Gasteiger partial charge in [0.25, 0.3) is 11.8 Å². The highest BCUT2D eigenvalue weighted by molar-refractivity contribution is 7.09. The number of rotatable bonds is 11. The van der Waals surface area contributed by atoms with Crippen molar-refractivity contribution in [2.75, 3.05) is 23.8 Å². The summed E-state index contributed by atoms with van der Waals surface area (Å²) in [6.07, 6.45) is 0.732. The van der Waals surface area contributed by atoms with E-state index in [9.17, 15) is 18.8 Å². The number of nitrogen functional groups attached to an aromatic ring is 1. The summed E-state index contributed by atoms with van der Waals surface area (Å²) in [6.45, 7) is 6.78. The maximum absolute atomic E-state index is 13.9. The number of amides is 3. The van der Waals surface area contributed by atoms with E-state index >= 15 is 0 Å². The minimum atomic E-state index is -1.15. The molecule has 37 heavy (non-hydrogen) atoms. The van der Waals surface area contributed by atoms with Gasteiger partial charge in [0.1, 0.15) is 22.5 Å². The molecule has 0 fully saturated rings. The number of halogens is 1. The lowest BCUT2D eigenvalue weighted by atomic mass is 10.0. The summed E-state index contributed by atoms with van der Waals surface area (Å²) in [7, 11) is 0. The lowest BCUT2D eigenvalue weighted by molar-refractivity contribution is -0.122. The highest BCUT2D eigenvalue weighted by Crippen LogP contribution is 2.34. The second-order valence-corrected chi connectivity index (χ2v) is 9.44. The fraction of sp³-hybridized carbons (Fsp3) is 0.308. The van der Waals surface area contributed by atoms with Gasteiger partial charge in [0.15, 0.2) is 5.69 Å². The largest absolute Gasteiger partial charge is 0.494 e. The fourth-order valence-electron chi connectivity index (χ4n) is 3.64. The van der Waals surface area contributed by atoms with Crippen LogP contribution in [0, 0.1) is 11.7 Å². The molecule has 0 aliphatic heterocycles. The number of hydrogen-bond donors (Lipinski definition) is 3. The zero-order valence-corrected chi connectivity index (χ0v) is 21.7. The number of nitrogens with two attached hydrogens (primary N) is 2. The SMILES string of the molecule is CCOc1ccc([C@H](C(=O)NCCC(C)C)N(C(=O)c2snc(C(N)=O)c2N)c2ccc(F)cc2)cc1. The quantitative estimate of drug-likeness (QED) is 0.345. The monoisotopic (exact) mass is 527 g/mol. The molecule has 1 aromatic heterocycles. The van der Waals surface area contributed by atoms with Crippen molar-refractivity contribution in [1.82, 2.24) is 9.69 Å². The van der Waals surface area contributed by atoms with Gasteiger partial charge in [-0.3, -0.25) is 19.3 Å². The van der Waals surface area contributed by atoms with Crippen LogP contribution in [0.2, 0.25) is 0 Å². The van der Waals surface area contributed by atoms with E-state index in [0.717, 1.165) is 6.42 Å². The number of nitrogens with zero attached hydrogens (tertiary/aromatic N) is 2. The van der Waals surface area contributed by atoms with Gasteiger partial charge in [-0.1, -0.05) is 26.0 Å². The van der Waals surface area contributed by atoms with Gasteiger partial charge < -0.3 is 21.5 Å². The first-order valence-electron chi connectivity index (χ1n) is 11.8. The van der Waals surface area contributed by atoms with Gasteiger partial charge in [0.2, 0.25) is 5.91 Å². The second kappa shape index (κ2) is 12.3. The molecule has 3 amide bonds. The molecule has 9 nitrogen and oxygen atoms in total. The Bertz CT molecular complexity index is 1240. The molecule has 3 aromatic rings. The Hall–Kier alpha value is -3.99. The average molecular weight is 528 g/mol. The van der Waals surface area contributed by atoms with Crippen molar-refractivity contribution in [3.8, 4) is 5.75 Å². The molecule has 196 valence electrons. The number of carbonyl (C=O) groups excluding carboxylic acids is 3. The lowest BCUT2D eigenvalue weighted by Crippen LogP contribution is -2.44.